The van der Waals surface area contributed by atoms with Crippen molar-refractivity contribution < 1.29 is 13.5 Å². The van der Waals surface area contributed by atoms with E-state index < -0.39 is 6.61 Å². The third-order valence-corrected chi connectivity index (χ3v) is 3.16. The first-order chi connectivity index (χ1) is 9.45. The molecule has 0 radical (unpaired) electrons. The van der Waals surface area contributed by atoms with Gasteiger partial charge in [0.05, 0.1) is 10.0 Å². The van der Waals surface area contributed by atoms with Crippen molar-refractivity contribution in [1.29, 1.82) is 0 Å². The van der Waals surface area contributed by atoms with Gasteiger partial charge in [0.1, 0.15) is 0 Å². The average Bonchev–Trinajstić information content (AvgIpc) is 2.77. The van der Waals surface area contributed by atoms with Gasteiger partial charge in [0, 0.05) is 31.7 Å². The standard InChI is InChI=1S/C13H12Cl2F2N2O/c1-19-3-2-8(7-19)6-18-9-4-10(14)12(11(15)5-9)20-13(16)17/h2-5,7,13,18H,6H2,1H3. The van der Waals surface area contributed by atoms with E-state index in [2.05, 4.69) is 10.1 Å². The van der Waals surface area contributed by atoms with Crippen molar-refractivity contribution in [2.45, 2.75) is 13.2 Å². The molecule has 20 heavy (non-hydrogen) atoms. The van der Waals surface area contributed by atoms with Gasteiger partial charge in [-0.05, 0) is 23.8 Å². The Morgan fingerprint density at radius 1 is 1.30 bits per heavy atom. The summed E-state index contributed by atoms with van der Waals surface area (Å²) in [7, 11) is 1.92. The van der Waals surface area contributed by atoms with Gasteiger partial charge in [0.25, 0.3) is 0 Å². The Labute approximate surface area is 125 Å². The van der Waals surface area contributed by atoms with Crippen LogP contribution in [0.25, 0.3) is 0 Å². The second-order valence-corrected chi connectivity index (χ2v) is 5.00. The van der Waals surface area contributed by atoms with Gasteiger partial charge in [-0.25, -0.2) is 0 Å². The van der Waals surface area contributed by atoms with Gasteiger partial charge in [-0.3, -0.25) is 0 Å². The predicted molar refractivity (Wildman–Crippen MR) is 75.8 cm³/mol. The lowest BCUT2D eigenvalue weighted by molar-refractivity contribution is -0.0497. The summed E-state index contributed by atoms with van der Waals surface area (Å²) in [6, 6.07) is 4.95. The van der Waals surface area contributed by atoms with Gasteiger partial charge in [0.15, 0.2) is 5.75 Å². The summed E-state index contributed by atoms with van der Waals surface area (Å²) in [5.41, 5.74) is 1.71. The molecule has 108 valence electrons. The van der Waals surface area contributed by atoms with Crippen molar-refractivity contribution in [3.63, 3.8) is 0 Å². The van der Waals surface area contributed by atoms with E-state index in [1.54, 1.807) is 0 Å². The minimum absolute atomic E-state index is 0.0355. The third-order valence-electron chi connectivity index (χ3n) is 2.60. The summed E-state index contributed by atoms with van der Waals surface area (Å²) in [5, 5.41) is 3.18. The Kier molecular flexibility index (Phi) is 4.73. The Balaban J connectivity index is 2.09. The number of hydrogen-bond acceptors (Lipinski definition) is 2. The van der Waals surface area contributed by atoms with Crippen molar-refractivity contribution in [2.24, 2.45) is 7.05 Å². The van der Waals surface area contributed by atoms with Gasteiger partial charge in [-0.1, -0.05) is 23.2 Å². The highest BCUT2D eigenvalue weighted by Crippen LogP contribution is 2.37. The zero-order valence-electron chi connectivity index (χ0n) is 10.5. The summed E-state index contributed by atoms with van der Waals surface area (Å²) in [6.07, 6.45) is 3.89. The predicted octanol–water partition coefficient (Wildman–Crippen LogP) is 4.55. The number of rotatable bonds is 5. The van der Waals surface area contributed by atoms with Crippen LogP contribution in [-0.4, -0.2) is 11.2 Å². The van der Waals surface area contributed by atoms with Crippen LogP contribution in [0.1, 0.15) is 5.56 Å². The van der Waals surface area contributed by atoms with Crippen LogP contribution >= 0.6 is 23.2 Å². The highest BCUT2D eigenvalue weighted by atomic mass is 35.5. The second kappa shape index (κ2) is 6.33. The molecule has 1 aromatic carbocycles. The molecule has 0 aliphatic carbocycles. The number of halogens is 4. The van der Waals surface area contributed by atoms with E-state index in [-0.39, 0.29) is 15.8 Å². The zero-order chi connectivity index (χ0) is 14.7. The summed E-state index contributed by atoms with van der Waals surface area (Å²) in [4.78, 5) is 0. The molecule has 0 fully saturated rings. The maximum absolute atomic E-state index is 12.2. The largest absolute Gasteiger partial charge is 0.432 e. The van der Waals surface area contributed by atoms with E-state index in [9.17, 15) is 8.78 Å². The van der Waals surface area contributed by atoms with Crippen LogP contribution in [0, 0.1) is 0 Å². The number of ether oxygens (including phenoxy) is 1. The molecule has 0 aliphatic rings. The van der Waals surface area contributed by atoms with Crippen LogP contribution in [0.3, 0.4) is 0 Å². The Bertz CT molecular complexity index is 579. The molecule has 0 spiro atoms. The number of benzene rings is 1. The molecule has 0 saturated carbocycles. The molecule has 2 aromatic rings. The molecule has 2 rings (SSSR count). The molecule has 0 unspecified atom stereocenters. The molecule has 0 amide bonds. The van der Waals surface area contributed by atoms with E-state index in [0.29, 0.717) is 12.2 Å². The highest BCUT2D eigenvalue weighted by molar-refractivity contribution is 6.37. The molecule has 3 nitrogen and oxygen atoms in total. The van der Waals surface area contributed by atoms with Gasteiger partial charge >= 0.3 is 6.61 Å². The average molecular weight is 321 g/mol. The van der Waals surface area contributed by atoms with E-state index in [0.717, 1.165) is 5.56 Å². The smallest absolute Gasteiger partial charge is 0.387 e. The number of hydrogen-bond donors (Lipinski definition) is 1. The van der Waals surface area contributed by atoms with E-state index in [1.807, 2.05) is 30.1 Å². The molecule has 1 N–H and O–H groups in total. The molecular formula is C13H12Cl2F2N2O. The molecule has 0 aliphatic heterocycles. The van der Waals surface area contributed by atoms with Crippen LogP contribution in [0.5, 0.6) is 5.75 Å². The molecule has 1 aromatic heterocycles. The SMILES string of the molecule is Cn1ccc(CNc2cc(Cl)c(OC(F)F)c(Cl)c2)c1. The monoisotopic (exact) mass is 320 g/mol. The van der Waals surface area contributed by atoms with Crippen LogP contribution in [-0.2, 0) is 13.6 Å². The minimum atomic E-state index is -2.96. The fourth-order valence-corrected chi connectivity index (χ4v) is 2.31. The molecule has 0 atom stereocenters. The van der Waals surface area contributed by atoms with Crippen LogP contribution in [0.15, 0.2) is 30.6 Å². The molecule has 7 heteroatoms. The Morgan fingerprint density at radius 3 is 2.45 bits per heavy atom. The lowest BCUT2D eigenvalue weighted by Crippen LogP contribution is -2.04. The third kappa shape index (κ3) is 3.77. The van der Waals surface area contributed by atoms with Gasteiger partial charge in [-0.15, -0.1) is 0 Å². The Morgan fingerprint density at radius 2 is 1.95 bits per heavy atom. The first-order valence-corrected chi connectivity index (χ1v) is 6.50. The molecular weight excluding hydrogens is 309 g/mol. The summed E-state index contributed by atoms with van der Waals surface area (Å²) < 4.78 is 30.6. The van der Waals surface area contributed by atoms with Crippen LogP contribution in [0.2, 0.25) is 10.0 Å². The minimum Gasteiger partial charge on any atom is -0.432 e. The molecule has 0 saturated heterocycles. The molecule has 0 bridgehead atoms. The highest BCUT2D eigenvalue weighted by Gasteiger charge is 2.14. The van der Waals surface area contributed by atoms with Crippen molar-refractivity contribution in [3.8, 4) is 5.75 Å². The van der Waals surface area contributed by atoms with Crippen molar-refractivity contribution in [3.05, 3.63) is 46.2 Å². The van der Waals surface area contributed by atoms with Crippen molar-refractivity contribution >= 4 is 28.9 Å². The van der Waals surface area contributed by atoms with Crippen LogP contribution < -0.4 is 10.1 Å². The normalized spacial score (nSPS) is 10.9. The number of nitrogens with one attached hydrogen (secondary N) is 1. The number of anilines is 1. The number of aromatic nitrogens is 1. The van der Waals surface area contributed by atoms with Crippen molar-refractivity contribution in [1.82, 2.24) is 4.57 Å². The van der Waals surface area contributed by atoms with Gasteiger partial charge in [-0.2, -0.15) is 8.78 Å². The number of nitrogens with zero attached hydrogens (tertiary/aromatic N) is 1. The summed E-state index contributed by atoms with van der Waals surface area (Å²) in [5.74, 6) is -0.214. The van der Waals surface area contributed by atoms with E-state index in [4.69, 9.17) is 23.2 Å². The summed E-state index contributed by atoms with van der Waals surface area (Å²) >= 11 is 11.8. The number of alkyl halides is 2. The topological polar surface area (TPSA) is 26.2 Å². The van der Waals surface area contributed by atoms with Crippen LogP contribution in [0.4, 0.5) is 14.5 Å². The van der Waals surface area contributed by atoms with Gasteiger partial charge in [0.2, 0.25) is 0 Å². The van der Waals surface area contributed by atoms with Gasteiger partial charge < -0.3 is 14.6 Å². The lowest BCUT2D eigenvalue weighted by Gasteiger charge is -2.12. The fraction of sp³-hybridized carbons (Fsp3) is 0.231. The molecule has 1 heterocycles. The maximum atomic E-state index is 12.2. The van der Waals surface area contributed by atoms with E-state index in [1.165, 1.54) is 12.1 Å². The maximum Gasteiger partial charge on any atom is 0.387 e. The first-order valence-electron chi connectivity index (χ1n) is 5.74. The second-order valence-electron chi connectivity index (χ2n) is 4.19. The first kappa shape index (κ1) is 14.9. The lowest BCUT2D eigenvalue weighted by atomic mass is 10.2. The number of aryl methyl sites for hydroxylation is 1. The van der Waals surface area contributed by atoms with Crippen molar-refractivity contribution in [2.75, 3.05) is 5.32 Å². The Hall–Kier alpha value is -1.46. The van der Waals surface area contributed by atoms with E-state index >= 15 is 0 Å². The quantitative estimate of drug-likeness (QED) is 0.875. The fourth-order valence-electron chi connectivity index (χ4n) is 1.73. The zero-order valence-corrected chi connectivity index (χ0v) is 12.1. The summed E-state index contributed by atoms with van der Waals surface area (Å²) in [6.45, 7) is -2.39.